The van der Waals surface area contributed by atoms with Gasteiger partial charge in [0.25, 0.3) is 0 Å². The minimum absolute atomic E-state index is 0.0227. The summed E-state index contributed by atoms with van der Waals surface area (Å²) in [4.78, 5) is 50.4. The average Bonchev–Trinajstić information content (AvgIpc) is 0.931. The van der Waals surface area contributed by atoms with E-state index in [0.29, 0.717) is 23.3 Å². The van der Waals surface area contributed by atoms with Crippen LogP contribution in [0.3, 0.4) is 0 Å². The Morgan fingerprint density at radius 3 is 1.45 bits per heavy atom. The van der Waals surface area contributed by atoms with Crippen LogP contribution in [-0.2, 0) is 71.7 Å². The lowest BCUT2D eigenvalue weighted by Crippen LogP contribution is -2.47. The standard InChI is InChI=1S/C37H41F3N6O7S.C30H28ClF3N4O5S/c1-26(54-30-21-51-35(52-22-30)6-4-3-5-28-8-7-27(19-41)17-32(28)39)37(23-46-25-42-24-43-46,31-10-9-29(38)18-33(31)40)53-36(48)50-16-15-49-34(47)20-45-13-11-44(2)12-14-45;1-20(44-24-15-41-28(42-16-24)5-3-2-4-22-7-6-21(14-35)12-26(22)33)30(17-38-19-36-18-37-38,43-29(39)40-11-10-31)25-9-8-23(32)13-27(25)34/h3-10,17-18,24-26,30,35H,11-16,20-23H2,1-2H3;2-9,12-13,18-20,24,28H,10-11,15-17H2,1H3/b5-3+,6-4+;4-2+,5-3+/t26-,30?,35?,37-;20-,24?,28?,30-/m11/s1. The number of halogens is 7. The van der Waals surface area contributed by atoms with Gasteiger partial charge < -0.3 is 47.5 Å². The van der Waals surface area contributed by atoms with Crippen molar-refractivity contribution in [3.05, 3.63) is 203 Å². The monoisotopic (exact) mass is 1420 g/mol. The van der Waals surface area contributed by atoms with Crippen LogP contribution >= 0.6 is 35.1 Å². The SMILES string of the molecule is C[C@@H](SC1COC(/C=C/C=C/c2ccc(C#N)cc2F)OC1)[C@@](Cn1cncn1)(OC(=O)OCCCl)c1ccc(F)cc1F.C[C@@H](SC1COC(/C=C/C=C/c2ccc(C#N)cc2F)OC1)[C@@](Cn1cncn1)(OC(=O)OCCOC(=O)CN1CCN(C)CC1)c1ccc(F)cc1F. The minimum atomic E-state index is -1.81. The zero-order chi connectivity index (χ0) is 70.0. The largest absolute Gasteiger partial charge is 0.509 e. The fourth-order valence-corrected chi connectivity index (χ4v) is 13.0. The van der Waals surface area contributed by atoms with Crippen molar-refractivity contribution < 1.29 is 83.4 Å². The van der Waals surface area contributed by atoms with Crippen molar-refractivity contribution in [2.24, 2.45) is 0 Å². The molecule has 3 aliphatic heterocycles. The summed E-state index contributed by atoms with van der Waals surface area (Å²) in [6.07, 6.45) is 14.6. The zero-order valence-electron chi connectivity index (χ0n) is 53.3. The second-order valence-corrected chi connectivity index (χ2v) is 25.8. The summed E-state index contributed by atoms with van der Waals surface area (Å²) in [7, 11) is 2.01. The van der Waals surface area contributed by atoms with Gasteiger partial charge in [0.15, 0.2) is 23.8 Å². The summed E-state index contributed by atoms with van der Waals surface area (Å²) >= 11 is 8.27. The Kier molecular flexibility index (Phi) is 28.7. The Hall–Kier alpha value is -8.56. The molecule has 0 aliphatic carbocycles. The first-order chi connectivity index (χ1) is 47.3. The summed E-state index contributed by atoms with van der Waals surface area (Å²) in [6.45, 7) is 6.53. The molecule has 0 amide bonds. The van der Waals surface area contributed by atoms with Crippen LogP contribution in [0.4, 0.5) is 35.9 Å². The number of alkyl halides is 1. The van der Waals surface area contributed by atoms with Gasteiger partial charge in [0.2, 0.25) is 0 Å². The third-order valence-electron chi connectivity index (χ3n) is 15.3. The Balaban J connectivity index is 0.000000255. The molecule has 4 aromatic carbocycles. The van der Waals surface area contributed by atoms with Gasteiger partial charge in [0.05, 0.1) is 85.7 Å². The number of hydrogen-bond donors (Lipinski definition) is 0. The van der Waals surface area contributed by atoms with E-state index in [1.54, 1.807) is 62.5 Å². The average molecular weight is 1420 g/mol. The number of nitriles is 2. The van der Waals surface area contributed by atoms with Gasteiger partial charge in [-0.1, -0.05) is 48.6 Å². The lowest BCUT2D eigenvalue weighted by atomic mass is 9.89. The molecule has 31 heteroatoms. The molecule has 5 heterocycles. The number of rotatable bonds is 27. The molecule has 0 radical (unpaired) electrons. The van der Waals surface area contributed by atoms with Gasteiger partial charge in [0.1, 0.15) is 80.0 Å². The van der Waals surface area contributed by atoms with Crippen molar-refractivity contribution in [1.82, 2.24) is 39.3 Å². The maximum absolute atomic E-state index is 15.6. The molecule has 0 N–H and O–H groups in total. The molecule has 4 atom stereocenters. The van der Waals surface area contributed by atoms with Crippen LogP contribution in [0.2, 0.25) is 0 Å². The normalized spacial score (nSPS) is 19.6. The summed E-state index contributed by atoms with van der Waals surface area (Å²) < 4.78 is 141. The molecular weight excluding hydrogens is 1350 g/mol. The molecule has 3 fully saturated rings. The van der Waals surface area contributed by atoms with Crippen LogP contribution in [0.5, 0.6) is 0 Å². The lowest BCUT2D eigenvalue weighted by molar-refractivity contribution is -0.147. The smallest absolute Gasteiger partial charge is 0.461 e. The highest BCUT2D eigenvalue weighted by Crippen LogP contribution is 2.44. The molecule has 0 saturated carbocycles. The first-order valence-electron chi connectivity index (χ1n) is 30.5. The Bertz CT molecular complexity index is 3810. The Morgan fingerprint density at radius 1 is 0.612 bits per heavy atom. The molecule has 98 heavy (non-hydrogen) atoms. The predicted octanol–water partition coefficient (Wildman–Crippen LogP) is 10.5. The summed E-state index contributed by atoms with van der Waals surface area (Å²) in [6, 6.07) is 18.1. The van der Waals surface area contributed by atoms with E-state index in [0.717, 1.165) is 50.4 Å². The van der Waals surface area contributed by atoms with Gasteiger partial charge in [0, 0.05) is 71.1 Å². The van der Waals surface area contributed by atoms with E-state index in [4.69, 9.17) is 64.8 Å². The van der Waals surface area contributed by atoms with Crippen LogP contribution in [0.1, 0.15) is 47.2 Å². The number of benzene rings is 4. The van der Waals surface area contributed by atoms with Gasteiger partial charge in [-0.15, -0.1) is 35.1 Å². The highest BCUT2D eigenvalue weighted by atomic mass is 35.5. The highest BCUT2D eigenvalue weighted by molar-refractivity contribution is 8.00. The maximum Gasteiger partial charge on any atom is 0.509 e. The molecule has 0 spiro atoms. The molecule has 6 aromatic rings. The van der Waals surface area contributed by atoms with Crippen LogP contribution in [0.25, 0.3) is 12.2 Å². The van der Waals surface area contributed by atoms with Gasteiger partial charge in [-0.3, -0.25) is 9.69 Å². The molecule has 0 unspecified atom stereocenters. The summed E-state index contributed by atoms with van der Waals surface area (Å²) in [5, 5.41) is 24.1. The topological polar surface area (TPSA) is 250 Å². The highest BCUT2D eigenvalue weighted by Gasteiger charge is 2.49. The minimum Gasteiger partial charge on any atom is -0.461 e. The van der Waals surface area contributed by atoms with Crippen LogP contribution in [-0.4, -0.2) is 183 Å². The van der Waals surface area contributed by atoms with Gasteiger partial charge in [-0.05, 0) is 81.6 Å². The fourth-order valence-electron chi connectivity index (χ4n) is 10.2. The number of piperazine rings is 1. The Morgan fingerprint density at radius 2 is 1.05 bits per heavy atom. The number of hydrogen-bond acceptors (Lipinski definition) is 22. The molecule has 3 saturated heterocycles. The van der Waals surface area contributed by atoms with E-state index >= 15 is 8.78 Å². The second-order valence-electron chi connectivity index (χ2n) is 22.2. The number of allylic oxidation sites excluding steroid dienone is 4. The molecule has 520 valence electrons. The number of carbonyl (C=O) groups excluding carboxylic acids is 3. The number of ether oxygens (including phenoxy) is 9. The van der Waals surface area contributed by atoms with Crippen molar-refractivity contribution in [1.29, 1.82) is 10.5 Å². The van der Waals surface area contributed by atoms with Gasteiger partial charge >= 0.3 is 18.3 Å². The lowest BCUT2D eigenvalue weighted by Gasteiger charge is -2.40. The number of esters is 1. The molecule has 9 rings (SSSR count). The van der Waals surface area contributed by atoms with E-state index in [-0.39, 0.29) is 105 Å². The van der Waals surface area contributed by atoms with Gasteiger partial charge in [-0.2, -0.15) is 20.7 Å². The molecular formula is C67H69ClF6N10O12S2. The van der Waals surface area contributed by atoms with Crippen molar-refractivity contribution in [3.63, 3.8) is 0 Å². The first kappa shape index (κ1) is 75.2. The number of nitrogens with zero attached hydrogens (tertiary/aromatic N) is 10. The number of aromatic nitrogens is 6. The number of thioether (sulfide) groups is 2. The quantitative estimate of drug-likeness (QED) is 0.0116. The second kappa shape index (κ2) is 37.4. The van der Waals surface area contributed by atoms with E-state index in [1.807, 2.05) is 24.1 Å². The molecule has 2 aromatic heterocycles. The molecule has 0 bridgehead atoms. The van der Waals surface area contributed by atoms with E-state index in [9.17, 15) is 31.9 Å². The van der Waals surface area contributed by atoms with Crippen LogP contribution < -0.4 is 0 Å². The summed E-state index contributed by atoms with van der Waals surface area (Å²) in [5.74, 6) is -4.96. The van der Waals surface area contributed by atoms with Crippen molar-refractivity contribution in [3.8, 4) is 12.1 Å². The van der Waals surface area contributed by atoms with Crippen LogP contribution in [0.15, 0.2) is 135 Å². The van der Waals surface area contributed by atoms with Crippen molar-refractivity contribution in [2.75, 3.05) is 91.9 Å². The fraction of sp³-hybridized carbons (Fsp3) is 0.388. The molecule has 3 aliphatic rings. The Labute approximate surface area is 574 Å². The third-order valence-corrected chi connectivity index (χ3v) is 18.4. The van der Waals surface area contributed by atoms with E-state index in [2.05, 4.69) is 25.1 Å². The van der Waals surface area contributed by atoms with Crippen LogP contribution in [0, 0.1) is 57.6 Å². The first-order valence-corrected chi connectivity index (χ1v) is 33.0. The third kappa shape index (κ3) is 22.0. The molecule has 22 nitrogen and oxygen atoms in total. The predicted molar refractivity (Wildman–Crippen MR) is 348 cm³/mol. The summed E-state index contributed by atoms with van der Waals surface area (Å²) in [5.41, 5.74) is -2.65. The van der Waals surface area contributed by atoms with Gasteiger partial charge in [-0.25, -0.2) is 55.3 Å². The van der Waals surface area contributed by atoms with Crippen molar-refractivity contribution in [2.45, 2.75) is 71.7 Å². The van der Waals surface area contributed by atoms with Crippen molar-refractivity contribution >= 4 is 65.6 Å². The zero-order valence-corrected chi connectivity index (χ0v) is 55.6. The number of carbonyl (C=O) groups is 3. The number of likely N-dealkylation sites (N-methyl/N-ethyl adjacent to an activating group) is 1. The van der Waals surface area contributed by atoms with E-state index in [1.165, 1.54) is 94.6 Å². The van der Waals surface area contributed by atoms with E-state index < -0.39 is 87.5 Å². The maximum atomic E-state index is 15.6.